The topological polar surface area (TPSA) is 32.8 Å². The molecular formula is C21H28N2O2S2. The van der Waals surface area contributed by atoms with E-state index in [0.717, 1.165) is 42.6 Å². The fraction of sp³-hybridized carbons (Fsp3) is 0.476. The third-order valence-corrected chi connectivity index (χ3v) is 7.34. The van der Waals surface area contributed by atoms with E-state index in [2.05, 4.69) is 28.0 Å². The number of carbonyl (C=O) groups is 1. The Morgan fingerprint density at radius 1 is 1.11 bits per heavy atom. The number of ether oxygens (including phenoxy) is 1. The number of thiophene rings is 1. The minimum absolute atomic E-state index is 0.166. The van der Waals surface area contributed by atoms with E-state index in [1.165, 1.54) is 29.3 Å². The molecule has 0 unspecified atom stereocenters. The summed E-state index contributed by atoms with van der Waals surface area (Å²) in [4.78, 5) is 17.2. The molecule has 0 bridgehead atoms. The number of piperazine rings is 1. The van der Waals surface area contributed by atoms with Gasteiger partial charge in [0.05, 0.1) is 21.9 Å². The van der Waals surface area contributed by atoms with E-state index in [4.69, 9.17) is 4.74 Å². The van der Waals surface area contributed by atoms with Crippen LogP contribution in [0.2, 0.25) is 0 Å². The standard InChI is InChI=1S/C21H28N2O2S2/c1-17(24)20-9-10-21(27-20)26-16-6-5-11-22-12-14-23(15-13-22)18-7-3-4-8-19(18)25-2/h3-4,7-10H,5-6,11-16H2,1-2H3. The molecule has 0 atom stereocenters. The van der Waals surface area contributed by atoms with Crippen LogP contribution in [0.1, 0.15) is 29.4 Å². The number of carbonyl (C=O) groups excluding carboxylic acids is 1. The van der Waals surface area contributed by atoms with Crippen molar-refractivity contribution in [1.29, 1.82) is 0 Å². The van der Waals surface area contributed by atoms with E-state index in [9.17, 15) is 4.79 Å². The zero-order chi connectivity index (χ0) is 19.1. The SMILES string of the molecule is COc1ccccc1N1CCN(CCCCSc2ccc(C(C)=O)s2)CC1. The fourth-order valence-corrected chi connectivity index (χ4v) is 5.40. The van der Waals surface area contributed by atoms with Gasteiger partial charge in [-0.25, -0.2) is 0 Å². The van der Waals surface area contributed by atoms with Crippen LogP contribution in [0.15, 0.2) is 40.6 Å². The lowest BCUT2D eigenvalue weighted by Crippen LogP contribution is -2.46. The van der Waals surface area contributed by atoms with Crippen LogP contribution in [-0.4, -0.2) is 56.3 Å². The number of ketones is 1. The van der Waals surface area contributed by atoms with E-state index in [1.807, 2.05) is 30.0 Å². The van der Waals surface area contributed by atoms with Crippen LogP contribution < -0.4 is 9.64 Å². The first kappa shape index (κ1) is 20.2. The van der Waals surface area contributed by atoms with Crippen molar-refractivity contribution in [2.45, 2.75) is 24.0 Å². The Balaban J connectivity index is 1.33. The molecule has 3 rings (SSSR count). The maximum Gasteiger partial charge on any atom is 0.169 e. The van der Waals surface area contributed by atoms with E-state index in [-0.39, 0.29) is 5.78 Å². The Hall–Kier alpha value is -1.50. The third kappa shape index (κ3) is 5.74. The van der Waals surface area contributed by atoms with Crippen molar-refractivity contribution in [1.82, 2.24) is 4.90 Å². The summed E-state index contributed by atoms with van der Waals surface area (Å²) in [5.41, 5.74) is 1.21. The fourth-order valence-electron chi connectivity index (χ4n) is 3.30. The van der Waals surface area contributed by atoms with Crippen LogP contribution in [0.3, 0.4) is 0 Å². The summed E-state index contributed by atoms with van der Waals surface area (Å²) in [6.07, 6.45) is 2.44. The zero-order valence-electron chi connectivity index (χ0n) is 16.1. The molecule has 4 nitrogen and oxygen atoms in total. The molecule has 2 aromatic rings. The average Bonchev–Trinajstić information content (AvgIpc) is 3.17. The first-order valence-electron chi connectivity index (χ1n) is 9.51. The van der Waals surface area contributed by atoms with Crippen molar-refractivity contribution in [3.8, 4) is 5.75 Å². The van der Waals surface area contributed by atoms with Crippen LogP contribution in [0.5, 0.6) is 5.75 Å². The quantitative estimate of drug-likeness (QED) is 0.345. The van der Waals surface area contributed by atoms with Gasteiger partial charge < -0.3 is 9.64 Å². The van der Waals surface area contributed by atoms with Crippen LogP contribution in [0, 0.1) is 0 Å². The molecule has 0 radical (unpaired) electrons. The van der Waals surface area contributed by atoms with Crippen molar-refractivity contribution in [2.24, 2.45) is 0 Å². The summed E-state index contributed by atoms with van der Waals surface area (Å²) in [5.74, 6) is 2.25. The normalized spacial score (nSPS) is 15.1. The van der Waals surface area contributed by atoms with Gasteiger partial charge in [0, 0.05) is 26.2 Å². The summed E-state index contributed by atoms with van der Waals surface area (Å²) < 4.78 is 6.75. The largest absolute Gasteiger partial charge is 0.495 e. The second-order valence-corrected chi connectivity index (χ2v) is 9.21. The number of anilines is 1. The average molecular weight is 405 g/mol. The molecule has 1 aromatic heterocycles. The van der Waals surface area contributed by atoms with Gasteiger partial charge in [0.2, 0.25) is 0 Å². The molecule has 0 N–H and O–H groups in total. The number of hydrogen-bond acceptors (Lipinski definition) is 6. The van der Waals surface area contributed by atoms with Gasteiger partial charge >= 0.3 is 0 Å². The summed E-state index contributed by atoms with van der Waals surface area (Å²) in [5, 5.41) is 0. The second kappa shape index (κ2) is 10.2. The number of nitrogens with zero attached hydrogens (tertiary/aromatic N) is 2. The molecule has 1 aliphatic heterocycles. The number of methoxy groups -OCH3 is 1. The summed E-state index contributed by atoms with van der Waals surface area (Å²) in [7, 11) is 1.74. The minimum Gasteiger partial charge on any atom is -0.495 e. The molecule has 1 fully saturated rings. The van der Waals surface area contributed by atoms with Crippen LogP contribution in [0.25, 0.3) is 0 Å². The van der Waals surface area contributed by atoms with Gasteiger partial charge in [0.25, 0.3) is 0 Å². The molecule has 1 aliphatic rings. The highest BCUT2D eigenvalue weighted by Gasteiger charge is 2.19. The van der Waals surface area contributed by atoms with Gasteiger partial charge in [-0.05, 0) is 56.3 Å². The van der Waals surface area contributed by atoms with Gasteiger partial charge in [-0.15, -0.1) is 23.1 Å². The molecule has 1 aromatic carbocycles. The van der Waals surface area contributed by atoms with Gasteiger partial charge in [-0.1, -0.05) is 12.1 Å². The van der Waals surface area contributed by atoms with Crippen molar-refractivity contribution >= 4 is 34.6 Å². The smallest absolute Gasteiger partial charge is 0.169 e. The maximum absolute atomic E-state index is 11.3. The van der Waals surface area contributed by atoms with Gasteiger partial charge in [-0.2, -0.15) is 0 Å². The molecular weight excluding hydrogens is 376 g/mol. The van der Waals surface area contributed by atoms with Gasteiger partial charge in [-0.3, -0.25) is 9.69 Å². The Labute approximate surface area is 170 Å². The number of benzene rings is 1. The van der Waals surface area contributed by atoms with Crippen LogP contribution in [-0.2, 0) is 0 Å². The molecule has 0 saturated carbocycles. The van der Waals surface area contributed by atoms with Gasteiger partial charge in [0.1, 0.15) is 5.75 Å². The zero-order valence-corrected chi connectivity index (χ0v) is 17.8. The Morgan fingerprint density at radius 2 is 1.89 bits per heavy atom. The first-order chi connectivity index (χ1) is 13.2. The molecule has 1 saturated heterocycles. The Bertz CT molecular complexity index is 739. The van der Waals surface area contributed by atoms with E-state index >= 15 is 0 Å². The highest BCUT2D eigenvalue weighted by molar-refractivity contribution is 8.01. The predicted octanol–water partition coefficient (Wildman–Crippen LogP) is 4.65. The van der Waals surface area contributed by atoms with E-state index < -0.39 is 0 Å². The molecule has 6 heteroatoms. The predicted molar refractivity (Wildman–Crippen MR) is 116 cm³/mol. The lowest BCUT2D eigenvalue weighted by atomic mass is 10.2. The van der Waals surface area contributed by atoms with E-state index in [0.29, 0.717) is 0 Å². The highest BCUT2D eigenvalue weighted by Crippen LogP contribution is 2.29. The monoisotopic (exact) mass is 404 g/mol. The van der Waals surface area contributed by atoms with E-state index in [1.54, 1.807) is 25.4 Å². The molecule has 27 heavy (non-hydrogen) atoms. The van der Waals surface area contributed by atoms with Crippen LogP contribution in [0.4, 0.5) is 5.69 Å². The Morgan fingerprint density at radius 3 is 2.59 bits per heavy atom. The van der Waals surface area contributed by atoms with Crippen molar-refractivity contribution in [3.05, 3.63) is 41.3 Å². The molecule has 0 aliphatic carbocycles. The maximum atomic E-state index is 11.3. The number of thioether (sulfide) groups is 1. The minimum atomic E-state index is 0.166. The second-order valence-electron chi connectivity index (χ2n) is 6.73. The lowest BCUT2D eigenvalue weighted by molar-refractivity contribution is 0.102. The number of hydrogen-bond donors (Lipinski definition) is 0. The Kier molecular flexibility index (Phi) is 7.61. The molecule has 0 amide bonds. The molecule has 0 spiro atoms. The highest BCUT2D eigenvalue weighted by atomic mass is 32.2. The first-order valence-corrected chi connectivity index (χ1v) is 11.3. The summed E-state index contributed by atoms with van der Waals surface area (Å²) >= 11 is 3.49. The number of Topliss-reactive ketones (excluding diaryl/α,β-unsaturated/α-hetero) is 1. The third-order valence-electron chi connectivity index (χ3n) is 4.84. The molecule has 2 heterocycles. The lowest BCUT2D eigenvalue weighted by Gasteiger charge is -2.36. The van der Waals surface area contributed by atoms with Crippen molar-refractivity contribution in [3.63, 3.8) is 0 Å². The van der Waals surface area contributed by atoms with Crippen molar-refractivity contribution in [2.75, 3.05) is 50.5 Å². The number of unbranched alkanes of at least 4 members (excludes halogenated alkanes) is 1. The number of rotatable bonds is 9. The van der Waals surface area contributed by atoms with Crippen molar-refractivity contribution < 1.29 is 9.53 Å². The number of para-hydroxylation sites is 2. The van der Waals surface area contributed by atoms with Crippen LogP contribution >= 0.6 is 23.1 Å². The molecule has 146 valence electrons. The summed E-state index contributed by atoms with van der Waals surface area (Å²) in [6, 6.07) is 12.3. The summed E-state index contributed by atoms with van der Waals surface area (Å²) in [6.45, 7) is 7.13. The van der Waals surface area contributed by atoms with Gasteiger partial charge in [0.15, 0.2) is 5.78 Å².